The Morgan fingerprint density at radius 1 is 1.26 bits per heavy atom. The van der Waals surface area contributed by atoms with Crippen LogP contribution in [0.3, 0.4) is 0 Å². The lowest BCUT2D eigenvalue weighted by Gasteiger charge is -2.30. The minimum Gasteiger partial charge on any atom is -0.348 e. The van der Waals surface area contributed by atoms with Crippen LogP contribution in [0.1, 0.15) is 35.7 Å². The monoisotopic (exact) mass is 437 g/mol. The van der Waals surface area contributed by atoms with Gasteiger partial charge >= 0.3 is 0 Å². The van der Waals surface area contributed by atoms with E-state index in [0.29, 0.717) is 25.2 Å². The van der Waals surface area contributed by atoms with Gasteiger partial charge in [0.2, 0.25) is 0 Å². The summed E-state index contributed by atoms with van der Waals surface area (Å²) in [5.74, 6) is 0.406. The van der Waals surface area contributed by atoms with Crippen molar-refractivity contribution in [2.75, 3.05) is 31.1 Å². The number of hydrogen-bond donors (Lipinski definition) is 2. The van der Waals surface area contributed by atoms with Crippen LogP contribution in [0.5, 0.6) is 0 Å². The summed E-state index contributed by atoms with van der Waals surface area (Å²) in [5, 5.41) is 6.52. The van der Waals surface area contributed by atoms with E-state index in [1.54, 1.807) is 0 Å². The first-order valence-corrected chi connectivity index (χ1v) is 10.8. The minimum atomic E-state index is -2.86. The van der Waals surface area contributed by atoms with Crippen molar-refractivity contribution >= 4 is 40.6 Å². The maximum Gasteiger partial charge on any atom is 0.251 e. The SMILES string of the molecule is CC1NCCCC1NC(=O)c1cccc(CN2CCS(=O)(=O)CC2)c1.Cl.Cl. The van der Waals surface area contributed by atoms with E-state index in [1.807, 2.05) is 24.3 Å². The van der Waals surface area contributed by atoms with Crippen LogP contribution in [-0.2, 0) is 16.4 Å². The first kappa shape index (κ1) is 24.2. The maximum atomic E-state index is 12.6. The van der Waals surface area contributed by atoms with E-state index in [-0.39, 0.29) is 54.3 Å². The molecule has 0 aliphatic carbocycles. The van der Waals surface area contributed by atoms with Crippen molar-refractivity contribution in [1.29, 1.82) is 0 Å². The summed E-state index contributed by atoms with van der Waals surface area (Å²) in [7, 11) is -2.86. The van der Waals surface area contributed by atoms with Gasteiger partial charge in [0.1, 0.15) is 0 Å². The third kappa shape index (κ3) is 6.91. The molecule has 2 N–H and O–H groups in total. The molecule has 154 valence electrons. The molecule has 2 heterocycles. The molecule has 2 aliphatic heterocycles. The second-order valence-electron chi connectivity index (χ2n) is 7.09. The van der Waals surface area contributed by atoms with E-state index in [2.05, 4.69) is 22.5 Å². The summed E-state index contributed by atoms with van der Waals surface area (Å²) in [6, 6.07) is 8.09. The van der Waals surface area contributed by atoms with Crippen molar-refractivity contribution in [3.8, 4) is 0 Å². The van der Waals surface area contributed by atoms with Crippen LogP contribution in [-0.4, -0.2) is 62.4 Å². The Kier molecular flexibility index (Phi) is 9.51. The van der Waals surface area contributed by atoms with Crippen LogP contribution < -0.4 is 10.6 Å². The highest BCUT2D eigenvalue weighted by Gasteiger charge is 2.24. The van der Waals surface area contributed by atoms with Crippen LogP contribution in [0, 0.1) is 0 Å². The van der Waals surface area contributed by atoms with E-state index in [0.717, 1.165) is 24.9 Å². The number of nitrogens with one attached hydrogen (secondary N) is 2. The van der Waals surface area contributed by atoms with Gasteiger partial charge in [-0.15, -0.1) is 24.8 Å². The van der Waals surface area contributed by atoms with E-state index in [1.165, 1.54) is 0 Å². The van der Waals surface area contributed by atoms with Crippen molar-refractivity contribution < 1.29 is 13.2 Å². The fourth-order valence-corrected chi connectivity index (χ4v) is 4.75. The Balaban J connectivity index is 0.00000182. The molecule has 0 saturated carbocycles. The molecular weight excluding hydrogens is 409 g/mol. The standard InChI is InChI=1S/C18H27N3O3S.2ClH/c1-14-17(6-3-7-19-14)20-18(22)16-5-2-4-15(12-16)13-21-8-10-25(23,24)11-9-21;;/h2,4-5,12,14,17,19H,3,6-11,13H2,1H3,(H,20,22);2*1H. The first-order valence-electron chi connectivity index (χ1n) is 8.99. The average molecular weight is 438 g/mol. The molecule has 2 fully saturated rings. The van der Waals surface area contributed by atoms with Crippen LogP contribution in [0.4, 0.5) is 0 Å². The number of halogens is 2. The number of amides is 1. The highest BCUT2D eigenvalue weighted by atomic mass is 35.5. The molecule has 3 rings (SSSR count). The molecule has 2 unspecified atom stereocenters. The lowest BCUT2D eigenvalue weighted by Crippen LogP contribution is -2.51. The number of carbonyl (C=O) groups is 1. The molecule has 9 heteroatoms. The molecule has 0 aromatic heterocycles. The van der Waals surface area contributed by atoms with Crippen molar-refractivity contribution in [2.45, 2.75) is 38.4 Å². The number of nitrogens with zero attached hydrogens (tertiary/aromatic N) is 1. The summed E-state index contributed by atoms with van der Waals surface area (Å²) in [4.78, 5) is 14.7. The third-order valence-corrected chi connectivity index (χ3v) is 6.72. The Labute approximate surface area is 174 Å². The summed E-state index contributed by atoms with van der Waals surface area (Å²) < 4.78 is 23.0. The van der Waals surface area contributed by atoms with Gasteiger partial charge in [-0.05, 0) is 44.0 Å². The Bertz CT molecular complexity index is 716. The van der Waals surface area contributed by atoms with Gasteiger partial charge in [0.15, 0.2) is 9.84 Å². The predicted octanol–water partition coefficient (Wildman–Crippen LogP) is 1.63. The first-order chi connectivity index (χ1) is 11.9. The zero-order chi connectivity index (χ0) is 17.9. The van der Waals surface area contributed by atoms with Gasteiger partial charge in [0.05, 0.1) is 11.5 Å². The second kappa shape index (κ2) is 10.6. The molecular formula is C18H29Cl2N3O3S. The zero-order valence-corrected chi connectivity index (χ0v) is 18.0. The topological polar surface area (TPSA) is 78.5 Å². The Hall–Kier alpha value is -0.860. The van der Waals surface area contributed by atoms with Crippen molar-refractivity contribution in [3.05, 3.63) is 35.4 Å². The van der Waals surface area contributed by atoms with E-state index in [4.69, 9.17) is 0 Å². The lowest BCUT2D eigenvalue weighted by molar-refractivity contribution is 0.0919. The number of sulfone groups is 1. The highest BCUT2D eigenvalue weighted by Crippen LogP contribution is 2.13. The van der Waals surface area contributed by atoms with Crippen molar-refractivity contribution in [3.63, 3.8) is 0 Å². The number of hydrogen-bond acceptors (Lipinski definition) is 5. The van der Waals surface area contributed by atoms with Gasteiger partial charge in [0, 0.05) is 37.3 Å². The van der Waals surface area contributed by atoms with Crippen molar-refractivity contribution in [1.82, 2.24) is 15.5 Å². The second-order valence-corrected chi connectivity index (χ2v) is 9.40. The molecule has 0 spiro atoms. The predicted molar refractivity (Wildman–Crippen MR) is 113 cm³/mol. The molecule has 0 bridgehead atoms. The molecule has 2 saturated heterocycles. The van der Waals surface area contributed by atoms with Gasteiger partial charge < -0.3 is 10.6 Å². The van der Waals surface area contributed by atoms with Crippen LogP contribution >= 0.6 is 24.8 Å². The molecule has 27 heavy (non-hydrogen) atoms. The molecule has 2 atom stereocenters. The Morgan fingerprint density at radius 2 is 1.96 bits per heavy atom. The summed E-state index contributed by atoms with van der Waals surface area (Å²) in [5.41, 5.74) is 1.71. The van der Waals surface area contributed by atoms with Gasteiger partial charge in [-0.3, -0.25) is 9.69 Å². The summed E-state index contributed by atoms with van der Waals surface area (Å²) >= 11 is 0. The smallest absolute Gasteiger partial charge is 0.251 e. The van der Waals surface area contributed by atoms with Gasteiger partial charge in [-0.25, -0.2) is 8.42 Å². The summed E-state index contributed by atoms with van der Waals surface area (Å²) in [6.07, 6.45) is 2.08. The fourth-order valence-electron chi connectivity index (χ4n) is 3.47. The van der Waals surface area contributed by atoms with E-state index < -0.39 is 9.84 Å². The number of rotatable bonds is 4. The van der Waals surface area contributed by atoms with E-state index >= 15 is 0 Å². The van der Waals surface area contributed by atoms with E-state index in [9.17, 15) is 13.2 Å². The molecule has 1 amide bonds. The maximum absolute atomic E-state index is 12.6. The van der Waals surface area contributed by atoms with Crippen LogP contribution in [0.25, 0.3) is 0 Å². The molecule has 0 radical (unpaired) electrons. The van der Waals surface area contributed by atoms with Gasteiger partial charge in [-0.2, -0.15) is 0 Å². The quantitative estimate of drug-likeness (QED) is 0.747. The zero-order valence-electron chi connectivity index (χ0n) is 15.5. The number of carbonyl (C=O) groups excluding carboxylic acids is 1. The Morgan fingerprint density at radius 3 is 2.63 bits per heavy atom. The largest absolute Gasteiger partial charge is 0.348 e. The van der Waals surface area contributed by atoms with Gasteiger partial charge in [-0.1, -0.05) is 12.1 Å². The molecule has 2 aliphatic rings. The minimum absolute atomic E-state index is 0. The lowest BCUT2D eigenvalue weighted by atomic mass is 9.99. The molecule has 6 nitrogen and oxygen atoms in total. The van der Waals surface area contributed by atoms with Crippen molar-refractivity contribution in [2.24, 2.45) is 0 Å². The third-order valence-electron chi connectivity index (χ3n) is 5.11. The molecule has 1 aromatic rings. The highest BCUT2D eigenvalue weighted by molar-refractivity contribution is 7.91. The molecule has 1 aromatic carbocycles. The average Bonchev–Trinajstić information content (AvgIpc) is 2.59. The van der Waals surface area contributed by atoms with Crippen LogP contribution in [0.2, 0.25) is 0 Å². The summed E-state index contributed by atoms with van der Waals surface area (Å²) in [6.45, 7) is 4.91. The normalized spacial score (nSPS) is 24.9. The van der Waals surface area contributed by atoms with Crippen LogP contribution in [0.15, 0.2) is 24.3 Å². The fraction of sp³-hybridized carbons (Fsp3) is 0.611. The number of piperidine rings is 1. The van der Waals surface area contributed by atoms with Gasteiger partial charge in [0.25, 0.3) is 5.91 Å². The number of benzene rings is 1.